The summed E-state index contributed by atoms with van der Waals surface area (Å²) in [7, 11) is 0. The highest BCUT2D eigenvalue weighted by molar-refractivity contribution is 6.22. The van der Waals surface area contributed by atoms with Crippen LogP contribution in [-0.4, -0.2) is 47.8 Å². The maximum absolute atomic E-state index is 12.3. The van der Waals surface area contributed by atoms with Gasteiger partial charge in [-0.05, 0) is 31.5 Å². The molecule has 1 aliphatic heterocycles. The van der Waals surface area contributed by atoms with Gasteiger partial charge in [-0.3, -0.25) is 19.3 Å². The number of rotatable bonds is 8. The molecule has 3 amide bonds. The van der Waals surface area contributed by atoms with Crippen molar-refractivity contribution in [2.24, 2.45) is 0 Å². The monoisotopic (exact) mass is 358 g/mol. The van der Waals surface area contributed by atoms with Crippen molar-refractivity contribution in [1.29, 1.82) is 0 Å². The fourth-order valence-corrected chi connectivity index (χ4v) is 2.75. The number of carbonyl (C=O) groups excluding carboxylic acids is 4. The van der Waals surface area contributed by atoms with E-state index in [1.165, 1.54) is 24.3 Å². The molecule has 0 saturated carbocycles. The standard InChI is InChI=1S/C19H22N2O5/c1-4-6-12(3)20-16(22)11-26-19(25)13-7-8-14-15(10-13)18(24)21(9-5-2)17(14)23/h5,7-8,10,12H,2,4,6,9,11H2,1,3H3,(H,20,22)/t12-/m0/s1. The summed E-state index contributed by atoms with van der Waals surface area (Å²) in [6.45, 7) is 7.10. The Morgan fingerprint density at radius 2 is 1.96 bits per heavy atom. The Hall–Kier alpha value is -2.96. The Bertz CT molecular complexity index is 756. The van der Waals surface area contributed by atoms with E-state index in [1.807, 2.05) is 13.8 Å². The number of nitrogens with one attached hydrogen (secondary N) is 1. The number of hydrogen-bond acceptors (Lipinski definition) is 5. The Morgan fingerprint density at radius 3 is 2.62 bits per heavy atom. The SMILES string of the molecule is C=CCN1C(=O)c2ccc(C(=O)OCC(=O)N[C@@H](C)CCC)cc2C1=O. The molecule has 0 unspecified atom stereocenters. The van der Waals surface area contributed by atoms with E-state index in [9.17, 15) is 19.2 Å². The van der Waals surface area contributed by atoms with Crippen LogP contribution in [0.2, 0.25) is 0 Å². The molecule has 1 aromatic rings. The van der Waals surface area contributed by atoms with Crippen LogP contribution < -0.4 is 5.32 Å². The lowest BCUT2D eigenvalue weighted by atomic mass is 10.1. The fraction of sp³-hybridized carbons (Fsp3) is 0.368. The molecule has 7 heteroatoms. The van der Waals surface area contributed by atoms with E-state index >= 15 is 0 Å². The van der Waals surface area contributed by atoms with Gasteiger partial charge in [0.1, 0.15) is 0 Å². The molecule has 26 heavy (non-hydrogen) atoms. The summed E-state index contributed by atoms with van der Waals surface area (Å²) >= 11 is 0. The van der Waals surface area contributed by atoms with Gasteiger partial charge in [0.15, 0.2) is 6.61 Å². The zero-order valence-corrected chi connectivity index (χ0v) is 14.9. The Morgan fingerprint density at radius 1 is 1.27 bits per heavy atom. The first-order chi connectivity index (χ1) is 12.4. The smallest absolute Gasteiger partial charge is 0.338 e. The lowest BCUT2D eigenvalue weighted by molar-refractivity contribution is -0.124. The molecule has 0 saturated heterocycles. The quantitative estimate of drug-likeness (QED) is 0.435. The first-order valence-electron chi connectivity index (χ1n) is 8.46. The third-order valence-electron chi connectivity index (χ3n) is 3.98. The number of carbonyl (C=O) groups is 4. The van der Waals surface area contributed by atoms with Crippen molar-refractivity contribution in [3.8, 4) is 0 Å². The third-order valence-corrected chi connectivity index (χ3v) is 3.98. The van der Waals surface area contributed by atoms with E-state index in [0.717, 1.165) is 17.7 Å². The number of fused-ring (bicyclic) bond motifs is 1. The summed E-state index contributed by atoms with van der Waals surface area (Å²) in [4.78, 5) is 49.3. The highest BCUT2D eigenvalue weighted by atomic mass is 16.5. The zero-order chi connectivity index (χ0) is 19.3. The summed E-state index contributed by atoms with van der Waals surface area (Å²) in [5.74, 6) is -2.02. The van der Waals surface area contributed by atoms with Crippen LogP contribution in [0.15, 0.2) is 30.9 Å². The van der Waals surface area contributed by atoms with E-state index in [2.05, 4.69) is 11.9 Å². The third kappa shape index (κ3) is 4.17. The lowest BCUT2D eigenvalue weighted by Crippen LogP contribution is -2.35. The molecule has 0 aliphatic carbocycles. The molecule has 1 N–H and O–H groups in total. The molecular formula is C19H22N2O5. The number of esters is 1. The predicted octanol–water partition coefficient (Wildman–Crippen LogP) is 1.93. The minimum atomic E-state index is -0.728. The molecule has 0 radical (unpaired) electrons. The molecule has 2 rings (SSSR count). The Balaban J connectivity index is 2.02. The second-order valence-corrected chi connectivity index (χ2v) is 6.10. The van der Waals surface area contributed by atoms with Gasteiger partial charge in [0.2, 0.25) is 0 Å². The Kier molecular flexibility index (Phi) is 6.27. The molecule has 0 fully saturated rings. The summed E-state index contributed by atoms with van der Waals surface area (Å²) in [5.41, 5.74) is 0.492. The van der Waals surface area contributed by atoms with Gasteiger partial charge in [0.05, 0.1) is 16.7 Å². The van der Waals surface area contributed by atoms with Crippen molar-refractivity contribution in [3.05, 3.63) is 47.5 Å². The van der Waals surface area contributed by atoms with Crippen LogP contribution in [0.5, 0.6) is 0 Å². The average Bonchev–Trinajstić information content (AvgIpc) is 2.84. The van der Waals surface area contributed by atoms with E-state index < -0.39 is 24.4 Å². The maximum Gasteiger partial charge on any atom is 0.338 e. The van der Waals surface area contributed by atoms with Crippen LogP contribution >= 0.6 is 0 Å². The van der Waals surface area contributed by atoms with Crippen LogP contribution in [0.1, 0.15) is 57.8 Å². The average molecular weight is 358 g/mol. The molecule has 0 bridgehead atoms. The van der Waals surface area contributed by atoms with Crippen LogP contribution in [0.3, 0.4) is 0 Å². The minimum Gasteiger partial charge on any atom is -0.452 e. The van der Waals surface area contributed by atoms with Gasteiger partial charge in [-0.15, -0.1) is 6.58 Å². The molecule has 138 valence electrons. The van der Waals surface area contributed by atoms with Crippen molar-refractivity contribution in [1.82, 2.24) is 10.2 Å². The van der Waals surface area contributed by atoms with E-state index in [-0.39, 0.29) is 35.2 Å². The normalized spacial score (nSPS) is 14.0. The number of amides is 3. The van der Waals surface area contributed by atoms with Gasteiger partial charge in [0, 0.05) is 12.6 Å². The van der Waals surface area contributed by atoms with Crippen molar-refractivity contribution in [2.45, 2.75) is 32.7 Å². The summed E-state index contributed by atoms with van der Waals surface area (Å²) in [6, 6.07) is 4.14. The second kappa shape index (κ2) is 8.42. The maximum atomic E-state index is 12.3. The molecule has 1 aromatic carbocycles. The van der Waals surface area contributed by atoms with Crippen molar-refractivity contribution >= 4 is 23.7 Å². The van der Waals surface area contributed by atoms with Crippen LogP contribution in [0.4, 0.5) is 0 Å². The van der Waals surface area contributed by atoms with Crippen molar-refractivity contribution < 1.29 is 23.9 Å². The van der Waals surface area contributed by atoms with E-state index in [1.54, 1.807) is 0 Å². The molecule has 1 atom stereocenters. The van der Waals surface area contributed by atoms with Gasteiger partial charge < -0.3 is 10.1 Å². The first-order valence-corrected chi connectivity index (χ1v) is 8.46. The number of imide groups is 1. The molecule has 0 spiro atoms. The Labute approximate surface area is 152 Å². The lowest BCUT2D eigenvalue weighted by Gasteiger charge is -2.12. The highest BCUT2D eigenvalue weighted by Crippen LogP contribution is 2.24. The number of nitrogens with zero attached hydrogens (tertiary/aromatic N) is 1. The number of ether oxygens (including phenoxy) is 1. The second-order valence-electron chi connectivity index (χ2n) is 6.10. The topological polar surface area (TPSA) is 92.8 Å². The summed E-state index contributed by atoms with van der Waals surface area (Å²) in [5, 5.41) is 2.73. The molecule has 0 aromatic heterocycles. The largest absolute Gasteiger partial charge is 0.452 e. The predicted molar refractivity (Wildman–Crippen MR) is 94.8 cm³/mol. The first kappa shape index (κ1) is 19.4. The van der Waals surface area contributed by atoms with Gasteiger partial charge >= 0.3 is 5.97 Å². The van der Waals surface area contributed by atoms with Crippen molar-refractivity contribution in [2.75, 3.05) is 13.2 Å². The minimum absolute atomic E-state index is 0.00525. The molecule has 7 nitrogen and oxygen atoms in total. The molecule has 1 aliphatic rings. The van der Waals surface area contributed by atoms with Gasteiger partial charge in [-0.25, -0.2) is 4.79 Å². The summed E-state index contributed by atoms with van der Waals surface area (Å²) in [6.07, 6.45) is 3.23. The summed E-state index contributed by atoms with van der Waals surface area (Å²) < 4.78 is 4.99. The zero-order valence-electron chi connectivity index (χ0n) is 14.9. The molecule has 1 heterocycles. The van der Waals surface area contributed by atoms with Crippen molar-refractivity contribution in [3.63, 3.8) is 0 Å². The van der Waals surface area contributed by atoms with Crippen LogP contribution in [-0.2, 0) is 9.53 Å². The number of hydrogen-bond donors (Lipinski definition) is 1. The molecular weight excluding hydrogens is 336 g/mol. The van der Waals surface area contributed by atoms with Crippen LogP contribution in [0.25, 0.3) is 0 Å². The van der Waals surface area contributed by atoms with E-state index in [0.29, 0.717) is 0 Å². The van der Waals surface area contributed by atoms with Crippen LogP contribution in [0, 0.1) is 0 Å². The van der Waals surface area contributed by atoms with Gasteiger partial charge in [0.25, 0.3) is 17.7 Å². The number of benzene rings is 1. The fourth-order valence-electron chi connectivity index (χ4n) is 2.75. The van der Waals surface area contributed by atoms with Gasteiger partial charge in [-0.1, -0.05) is 19.4 Å². The highest BCUT2D eigenvalue weighted by Gasteiger charge is 2.35. The van der Waals surface area contributed by atoms with Gasteiger partial charge in [-0.2, -0.15) is 0 Å². The van der Waals surface area contributed by atoms with E-state index in [4.69, 9.17) is 4.74 Å².